The number of aliphatic hydroxyl groups is 1. The monoisotopic (exact) mass is 235 g/mol. The van der Waals surface area contributed by atoms with Gasteiger partial charge >= 0.3 is 0 Å². The molecule has 17 heavy (non-hydrogen) atoms. The SMILES string of the molecule is CCc1ccc(C(C)(O)CNC(C)(C)C)cc1. The molecule has 0 aliphatic carbocycles. The minimum absolute atomic E-state index is 0.0212. The molecule has 2 N–H and O–H groups in total. The Bertz CT molecular complexity index is 346. The summed E-state index contributed by atoms with van der Waals surface area (Å²) in [6.45, 7) is 10.8. The van der Waals surface area contributed by atoms with Crippen LogP contribution in [0.1, 0.15) is 45.7 Å². The van der Waals surface area contributed by atoms with Crippen molar-refractivity contribution in [3.05, 3.63) is 35.4 Å². The van der Waals surface area contributed by atoms with Crippen molar-refractivity contribution < 1.29 is 5.11 Å². The molecular weight excluding hydrogens is 210 g/mol. The molecular formula is C15H25NO. The van der Waals surface area contributed by atoms with Gasteiger partial charge in [0, 0.05) is 12.1 Å². The van der Waals surface area contributed by atoms with Gasteiger partial charge in [0.25, 0.3) is 0 Å². The molecule has 0 amide bonds. The molecule has 1 atom stereocenters. The Hall–Kier alpha value is -0.860. The second-order valence-corrected chi connectivity index (χ2v) is 5.93. The van der Waals surface area contributed by atoms with Gasteiger partial charge in [-0.15, -0.1) is 0 Å². The summed E-state index contributed by atoms with van der Waals surface area (Å²) in [6, 6.07) is 8.20. The number of rotatable bonds is 4. The summed E-state index contributed by atoms with van der Waals surface area (Å²) >= 11 is 0. The van der Waals surface area contributed by atoms with E-state index in [0.29, 0.717) is 6.54 Å². The van der Waals surface area contributed by atoms with Crippen LogP contribution in [0.3, 0.4) is 0 Å². The van der Waals surface area contributed by atoms with Crippen LogP contribution >= 0.6 is 0 Å². The van der Waals surface area contributed by atoms with Gasteiger partial charge in [0.05, 0.1) is 5.60 Å². The van der Waals surface area contributed by atoms with Crippen LogP contribution in [0.25, 0.3) is 0 Å². The molecule has 1 aromatic rings. The van der Waals surface area contributed by atoms with E-state index in [0.717, 1.165) is 12.0 Å². The van der Waals surface area contributed by atoms with Crippen LogP contribution in [-0.2, 0) is 12.0 Å². The van der Waals surface area contributed by atoms with E-state index in [1.54, 1.807) is 0 Å². The Labute approximate surface area is 105 Å². The minimum atomic E-state index is -0.820. The molecule has 0 saturated carbocycles. The number of hydrogen-bond donors (Lipinski definition) is 2. The average Bonchev–Trinajstić information content (AvgIpc) is 2.26. The Balaban J connectivity index is 2.74. The molecule has 0 heterocycles. The van der Waals surface area contributed by atoms with E-state index in [2.05, 4.69) is 45.1 Å². The third kappa shape index (κ3) is 4.49. The molecule has 0 fully saturated rings. The predicted molar refractivity (Wildman–Crippen MR) is 73.1 cm³/mol. The number of aryl methyl sites for hydroxylation is 1. The normalized spacial score (nSPS) is 15.6. The highest BCUT2D eigenvalue weighted by Crippen LogP contribution is 2.21. The van der Waals surface area contributed by atoms with Gasteiger partial charge in [0.2, 0.25) is 0 Å². The fourth-order valence-electron chi connectivity index (χ4n) is 1.64. The van der Waals surface area contributed by atoms with Crippen LogP contribution in [-0.4, -0.2) is 17.2 Å². The lowest BCUT2D eigenvalue weighted by atomic mass is 9.93. The van der Waals surface area contributed by atoms with Crippen LogP contribution in [0.15, 0.2) is 24.3 Å². The molecule has 0 radical (unpaired) electrons. The molecule has 0 aromatic heterocycles. The molecule has 0 bridgehead atoms. The maximum absolute atomic E-state index is 10.5. The molecule has 96 valence electrons. The van der Waals surface area contributed by atoms with Gasteiger partial charge < -0.3 is 10.4 Å². The largest absolute Gasteiger partial charge is 0.384 e. The van der Waals surface area contributed by atoms with Gasteiger partial charge in [-0.05, 0) is 45.2 Å². The summed E-state index contributed by atoms with van der Waals surface area (Å²) in [5.74, 6) is 0. The second kappa shape index (κ2) is 5.19. The maximum atomic E-state index is 10.5. The number of hydrogen-bond acceptors (Lipinski definition) is 2. The van der Waals surface area contributed by atoms with E-state index in [1.165, 1.54) is 5.56 Å². The van der Waals surface area contributed by atoms with Crippen LogP contribution in [0, 0.1) is 0 Å². The van der Waals surface area contributed by atoms with E-state index in [4.69, 9.17) is 0 Å². The van der Waals surface area contributed by atoms with Crippen LogP contribution in [0.5, 0.6) is 0 Å². The molecule has 1 aromatic carbocycles. The highest BCUT2D eigenvalue weighted by atomic mass is 16.3. The molecule has 1 rings (SSSR count). The lowest BCUT2D eigenvalue weighted by molar-refractivity contribution is 0.0502. The molecule has 0 saturated heterocycles. The van der Waals surface area contributed by atoms with Crippen LogP contribution < -0.4 is 5.32 Å². The summed E-state index contributed by atoms with van der Waals surface area (Å²) in [5.41, 5.74) is 1.46. The van der Waals surface area contributed by atoms with Gasteiger partial charge in [-0.3, -0.25) is 0 Å². The fraction of sp³-hybridized carbons (Fsp3) is 0.600. The standard InChI is InChI=1S/C15H25NO/c1-6-12-7-9-13(10-8-12)15(5,17)11-16-14(2,3)4/h7-10,16-17H,6,11H2,1-5H3. The first-order chi connectivity index (χ1) is 7.74. The number of nitrogens with one attached hydrogen (secondary N) is 1. The average molecular weight is 235 g/mol. The zero-order valence-corrected chi connectivity index (χ0v) is 11.7. The van der Waals surface area contributed by atoms with E-state index in [9.17, 15) is 5.11 Å². The lowest BCUT2D eigenvalue weighted by Crippen LogP contribution is -2.44. The van der Waals surface area contributed by atoms with Gasteiger partial charge in [-0.1, -0.05) is 31.2 Å². The summed E-state index contributed by atoms with van der Waals surface area (Å²) in [6.07, 6.45) is 1.03. The summed E-state index contributed by atoms with van der Waals surface area (Å²) in [7, 11) is 0. The van der Waals surface area contributed by atoms with Crippen molar-refractivity contribution in [2.24, 2.45) is 0 Å². The van der Waals surface area contributed by atoms with Crippen molar-refractivity contribution in [2.75, 3.05) is 6.54 Å². The molecule has 1 unspecified atom stereocenters. The fourth-order valence-corrected chi connectivity index (χ4v) is 1.64. The van der Waals surface area contributed by atoms with E-state index in [-0.39, 0.29) is 5.54 Å². The van der Waals surface area contributed by atoms with Gasteiger partial charge in [-0.2, -0.15) is 0 Å². The molecule has 0 spiro atoms. The number of β-amino-alcohol motifs (C(OH)–C–C–N with tert-alkyl or cyclic N) is 1. The van der Waals surface area contributed by atoms with Crippen molar-refractivity contribution in [1.82, 2.24) is 5.32 Å². The van der Waals surface area contributed by atoms with Crippen LogP contribution in [0.4, 0.5) is 0 Å². The minimum Gasteiger partial charge on any atom is -0.384 e. The molecule has 2 heteroatoms. The van der Waals surface area contributed by atoms with Gasteiger partial charge in [-0.25, -0.2) is 0 Å². The zero-order valence-electron chi connectivity index (χ0n) is 11.7. The van der Waals surface area contributed by atoms with Crippen molar-refractivity contribution in [3.8, 4) is 0 Å². The summed E-state index contributed by atoms with van der Waals surface area (Å²) < 4.78 is 0. The Morgan fingerprint density at radius 3 is 2.00 bits per heavy atom. The van der Waals surface area contributed by atoms with E-state index >= 15 is 0 Å². The van der Waals surface area contributed by atoms with Crippen molar-refractivity contribution in [3.63, 3.8) is 0 Å². The molecule has 0 aliphatic rings. The highest BCUT2D eigenvalue weighted by Gasteiger charge is 2.24. The Morgan fingerprint density at radius 1 is 1.06 bits per heavy atom. The molecule has 0 aliphatic heterocycles. The van der Waals surface area contributed by atoms with Gasteiger partial charge in [0.1, 0.15) is 0 Å². The third-order valence-corrected chi connectivity index (χ3v) is 2.95. The smallest absolute Gasteiger partial charge is 0.0992 e. The molecule has 2 nitrogen and oxygen atoms in total. The lowest BCUT2D eigenvalue weighted by Gasteiger charge is -2.30. The van der Waals surface area contributed by atoms with Crippen molar-refractivity contribution in [2.45, 2.75) is 52.2 Å². The van der Waals surface area contributed by atoms with E-state index < -0.39 is 5.60 Å². The summed E-state index contributed by atoms with van der Waals surface area (Å²) in [5, 5.41) is 13.8. The van der Waals surface area contributed by atoms with E-state index in [1.807, 2.05) is 19.1 Å². The first-order valence-corrected chi connectivity index (χ1v) is 6.31. The first kappa shape index (κ1) is 14.2. The third-order valence-electron chi connectivity index (χ3n) is 2.95. The topological polar surface area (TPSA) is 32.3 Å². The highest BCUT2D eigenvalue weighted by molar-refractivity contribution is 5.27. The Kier molecular flexibility index (Phi) is 4.34. The Morgan fingerprint density at radius 2 is 1.59 bits per heavy atom. The maximum Gasteiger partial charge on any atom is 0.0992 e. The second-order valence-electron chi connectivity index (χ2n) is 5.93. The number of benzene rings is 1. The van der Waals surface area contributed by atoms with Crippen molar-refractivity contribution in [1.29, 1.82) is 0 Å². The predicted octanol–water partition coefficient (Wildman–Crippen LogP) is 2.84. The zero-order chi connectivity index (χ0) is 13.1. The first-order valence-electron chi connectivity index (χ1n) is 6.31. The quantitative estimate of drug-likeness (QED) is 0.841. The van der Waals surface area contributed by atoms with Crippen molar-refractivity contribution >= 4 is 0 Å². The van der Waals surface area contributed by atoms with Crippen LogP contribution in [0.2, 0.25) is 0 Å². The summed E-state index contributed by atoms with van der Waals surface area (Å²) in [4.78, 5) is 0. The van der Waals surface area contributed by atoms with Gasteiger partial charge in [0.15, 0.2) is 0 Å².